The van der Waals surface area contributed by atoms with Crippen LogP contribution in [0.4, 0.5) is 0 Å². The minimum atomic E-state index is -0.208. The molecule has 1 amide bonds. The van der Waals surface area contributed by atoms with E-state index in [0.717, 1.165) is 18.7 Å². The highest BCUT2D eigenvalue weighted by atomic mass is 32.1. The lowest BCUT2D eigenvalue weighted by Gasteiger charge is -2.28. The number of nitrogens with zero attached hydrogens (tertiary/aromatic N) is 1. The van der Waals surface area contributed by atoms with Crippen molar-refractivity contribution in [2.75, 3.05) is 26.3 Å². The van der Waals surface area contributed by atoms with E-state index in [2.05, 4.69) is 5.32 Å². The summed E-state index contributed by atoms with van der Waals surface area (Å²) in [4.78, 5) is 13.7. The number of carbonyl (C=O) groups excluding carboxylic acids is 1. The maximum Gasteiger partial charge on any atom is 0.250 e. The van der Waals surface area contributed by atoms with Crippen LogP contribution in [0.1, 0.15) is 5.56 Å². The molecule has 1 fully saturated rings. The second-order valence-corrected chi connectivity index (χ2v) is 4.52. The van der Waals surface area contributed by atoms with Gasteiger partial charge in [0.25, 0.3) is 0 Å². The van der Waals surface area contributed by atoms with Crippen LogP contribution in [0.25, 0.3) is 6.08 Å². The molecule has 0 saturated carbocycles. The Balaban J connectivity index is 1.83. The number of carbonyl (C=O) groups is 1. The zero-order chi connectivity index (χ0) is 13.5. The highest BCUT2D eigenvalue weighted by Crippen LogP contribution is 2.01. The fraction of sp³-hybridized carbons (Fsp3) is 0.286. The first-order chi connectivity index (χ1) is 9.25. The SMILES string of the molecule is O=C(/C=C\c1ccccc1)NC(=S)N1CCOCC1. The van der Waals surface area contributed by atoms with Crippen LogP contribution in [0.3, 0.4) is 0 Å². The maximum absolute atomic E-state index is 11.7. The summed E-state index contributed by atoms with van der Waals surface area (Å²) in [7, 11) is 0. The summed E-state index contributed by atoms with van der Waals surface area (Å²) in [5.74, 6) is -0.208. The van der Waals surface area contributed by atoms with E-state index >= 15 is 0 Å². The molecule has 1 aromatic carbocycles. The third kappa shape index (κ3) is 4.46. The molecule has 1 aliphatic rings. The number of benzene rings is 1. The molecular formula is C14H16N2O2S. The molecular weight excluding hydrogens is 260 g/mol. The Morgan fingerprint density at radius 2 is 1.95 bits per heavy atom. The number of ether oxygens (including phenoxy) is 1. The van der Waals surface area contributed by atoms with Crippen molar-refractivity contribution in [2.24, 2.45) is 0 Å². The molecule has 100 valence electrons. The molecule has 0 aliphatic carbocycles. The second kappa shape index (κ2) is 7.01. The van der Waals surface area contributed by atoms with Gasteiger partial charge in [0.2, 0.25) is 5.91 Å². The monoisotopic (exact) mass is 276 g/mol. The summed E-state index contributed by atoms with van der Waals surface area (Å²) in [5, 5.41) is 3.16. The molecule has 0 aromatic heterocycles. The molecule has 19 heavy (non-hydrogen) atoms. The van der Waals surface area contributed by atoms with Gasteiger partial charge in [-0.2, -0.15) is 0 Å². The molecule has 1 aliphatic heterocycles. The molecule has 5 heteroatoms. The molecule has 0 spiro atoms. The first kappa shape index (κ1) is 13.7. The summed E-state index contributed by atoms with van der Waals surface area (Å²) in [6.45, 7) is 2.74. The topological polar surface area (TPSA) is 41.6 Å². The highest BCUT2D eigenvalue weighted by molar-refractivity contribution is 7.80. The predicted molar refractivity (Wildman–Crippen MR) is 78.6 cm³/mol. The van der Waals surface area contributed by atoms with Crippen LogP contribution >= 0.6 is 12.2 Å². The summed E-state index contributed by atoms with van der Waals surface area (Å²) in [6, 6.07) is 9.66. The van der Waals surface area contributed by atoms with E-state index < -0.39 is 0 Å². The van der Waals surface area contributed by atoms with Crippen molar-refractivity contribution in [3.63, 3.8) is 0 Å². The number of thiocarbonyl (C=S) groups is 1. The lowest BCUT2D eigenvalue weighted by Crippen LogP contribution is -2.47. The van der Waals surface area contributed by atoms with Crippen LogP contribution in [0.5, 0.6) is 0 Å². The summed E-state index contributed by atoms with van der Waals surface area (Å²) in [5.41, 5.74) is 0.981. The molecule has 1 heterocycles. The summed E-state index contributed by atoms with van der Waals surface area (Å²) >= 11 is 5.19. The Labute approximate surface area is 118 Å². The quantitative estimate of drug-likeness (QED) is 0.655. The Morgan fingerprint density at radius 1 is 1.26 bits per heavy atom. The highest BCUT2D eigenvalue weighted by Gasteiger charge is 2.14. The average Bonchev–Trinajstić information content (AvgIpc) is 2.47. The van der Waals surface area contributed by atoms with E-state index in [0.29, 0.717) is 18.3 Å². The van der Waals surface area contributed by atoms with Gasteiger partial charge in [-0.15, -0.1) is 0 Å². The minimum Gasteiger partial charge on any atom is -0.378 e. The molecule has 4 nitrogen and oxygen atoms in total. The number of rotatable bonds is 2. The number of hydrogen-bond acceptors (Lipinski definition) is 3. The van der Waals surface area contributed by atoms with Crippen molar-refractivity contribution in [1.29, 1.82) is 0 Å². The Kier molecular flexibility index (Phi) is 5.06. The van der Waals surface area contributed by atoms with Crippen molar-refractivity contribution in [3.8, 4) is 0 Å². The third-order valence-electron chi connectivity index (χ3n) is 2.76. The fourth-order valence-electron chi connectivity index (χ4n) is 1.73. The zero-order valence-corrected chi connectivity index (χ0v) is 11.4. The summed E-state index contributed by atoms with van der Waals surface area (Å²) in [6.07, 6.45) is 3.25. The van der Waals surface area contributed by atoms with Gasteiger partial charge in [0, 0.05) is 19.2 Å². The van der Waals surface area contributed by atoms with Crippen LogP contribution < -0.4 is 5.32 Å². The van der Waals surface area contributed by atoms with Crippen molar-refractivity contribution in [2.45, 2.75) is 0 Å². The smallest absolute Gasteiger partial charge is 0.250 e. The molecule has 1 aromatic rings. The van der Waals surface area contributed by atoms with Crippen molar-refractivity contribution in [3.05, 3.63) is 42.0 Å². The van der Waals surface area contributed by atoms with Crippen LogP contribution in [0, 0.1) is 0 Å². The summed E-state index contributed by atoms with van der Waals surface area (Å²) < 4.78 is 5.23. The largest absolute Gasteiger partial charge is 0.378 e. The maximum atomic E-state index is 11.7. The van der Waals surface area contributed by atoms with Crippen molar-refractivity contribution in [1.82, 2.24) is 10.2 Å². The van der Waals surface area contributed by atoms with Gasteiger partial charge in [0.05, 0.1) is 13.2 Å². The first-order valence-electron chi connectivity index (χ1n) is 6.16. The average molecular weight is 276 g/mol. The molecule has 0 bridgehead atoms. The normalized spacial score (nSPS) is 15.5. The Hall–Kier alpha value is -1.72. The fourth-order valence-corrected chi connectivity index (χ4v) is 2.01. The molecule has 0 radical (unpaired) electrons. The van der Waals surface area contributed by atoms with E-state index in [9.17, 15) is 4.79 Å². The molecule has 0 unspecified atom stereocenters. The molecule has 1 saturated heterocycles. The van der Waals surface area contributed by atoms with Gasteiger partial charge < -0.3 is 9.64 Å². The van der Waals surface area contributed by atoms with Crippen LogP contribution in [-0.4, -0.2) is 42.2 Å². The van der Waals surface area contributed by atoms with Gasteiger partial charge in [0.1, 0.15) is 0 Å². The first-order valence-corrected chi connectivity index (χ1v) is 6.57. The van der Waals surface area contributed by atoms with E-state index in [4.69, 9.17) is 17.0 Å². The van der Waals surface area contributed by atoms with Gasteiger partial charge >= 0.3 is 0 Å². The number of nitrogens with one attached hydrogen (secondary N) is 1. The van der Waals surface area contributed by atoms with E-state index in [1.54, 1.807) is 6.08 Å². The lowest BCUT2D eigenvalue weighted by atomic mass is 10.2. The van der Waals surface area contributed by atoms with Gasteiger partial charge in [0.15, 0.2) is 5.11 Å². The number of hydrogen-bond donors (Lipinski definition) is 1. The van der Waals surface area contributed by atoms with Crippen LogP contribution in [0.15, 0.2) is 36.4 Å². The van der Waals surface area contributed by atoms with Crippen molar-refractivity contribution < 1.29 is 9.53 Å². The van der Waals surface area contributed by atoms with Crippen molar-refractivity contribution >= 4 is 29.3 Å². The second-order valence-electron chi connectivity index (χ2n) is 4.14. The lowest BCUT2D eigenvalue weighted by molar-refractivity contribution is -0.115. The Morgan fingerprint density at radius 3 is 2.63 bits per heavy atom. The third-order valence-corrected chi connectivity index (χ3v) is 3.12. The van der Waals surface area contributed by atoms with Crippen LogP contribution in [-0.2, 0) is 9.53 Å². The van der Waals surface area contributed by atoms with Crippen LogP contribution in [0.2, 0.25) is 0 Å². The molecule has 2 rings (SSSR count). The standard InChI is InChI=1S/C14H16N2O2S/c17-13(7-6-12-4-2-1-3-5-12)15-14(19)16-8-10-18-11-9-16/h1-7H,8-11H2,(H,15,17,19)/b7-6-. The van der Waals surface area contributed by atoms with E-state index in [-0.39, 0.29) is 5.91 Å². The van der Waals surface area contributed by atoms with E-state index in [1.807, 2.05) is 35.2 Å². The van der Waals surface area contributed by atoms with Gasteiger partial charge in [-0.1, -0.05) is 30.3 Å². The molecule has 0 atom stereocenters. The zero-order valence-electron chi connectivity index (χ0n) is 10.5. The number of morpholine rings is 1. The predicted octanol–water partition coefficient (Wildman–Crippen LogP) is 1.43. The molecule has 1 N–H and O–H groups in total. The Bertz CT molecular complexity index is 468. The minimum absolute atomic E-state index is 0.208. The van der Waals surface area contributed by atoms with Gasteiger partial charge in [-0.25, -0.2) is 0 Å². The van der Waals surface area contributed by atoms with E-state index in [1.165, 1.54) is 6.08 Å². The van der Waals surface area contributed by atoms with Gasteiger partial charge in [-0.3, -0.25) is 10.1 Å². The number of amides is 1. The van der Waals surface area contributed by atoms with Gasteiger partial charge in [-0.05, 0) is 23.9 Å².